The molecule has 4 N–H and O–H groups in total. The molecule has 6 rings (SSSR count). The lowest BCUT2D eigenvalue weighted by Crippen LogP contribution is -2.12. The summed E-state index contributed by atoms with van der Waals surface area (Å²) >= 11 is 0. The summed E-state index contributed by atoms with van der Waals surface area (Å²) < 4.78 is 0. The molecule has 0 fully saturated rings. The van der Waals surface area contributed by atoms with Gasteiger partial charge in [-0.2, -0.15) is 15.5 Å². The van der Waals surface area contributed by atoms with Crippen LogP contribution in [-0.4, -0.2) is 54.1 Å². The van der Waals surface area contributed by atoms with Gasteiger partial charge in [-0.1, -0.05) is 36.4 Å². The van der Waals surface area contributed by atoms with E-state index in [1.807, 2.05) is 0 Å². The number of fused-ring (bicyclic) bond motifs is 2. The van der Waals surface area contributed by atoms with Crippen molar-refractivity contribution in [3.63, 3.8) is 0 Å². The first-order chi connectivity index (χ1) is 20.9. The number of primary amides is 1. The van der Waals surface area contributed by atoms with E-state index in [4.69, 9.17) is 11.0 Å². The Morgan fingerprint density at radius 3 is 1.74 bits per heavy atom. The van der Waals surface area contributed by atoms with Gasteiger partial charge in [0.25, 0.3) is 5.91 Å². The van der Waals surface area contributed by atoms with Gasteiger partial charge >= 0.3 is 0 Å². The van der Waals surface area contributed by atoms with E-state index in [-0.39, 0.29) is 17.1 Å². The molecule has 208 valence electrons. The maximum atomic E-state index is 12.7. The molecule has 0 bridgehead atoms. The average Bonchev–Trinajstić information content (AvgIpc) is 3.68. The summed E-state index contributed by atoms with van der Waals surface area (Å²) in [7, 11) is 0. The van der Waals surface area contributed by atoms with Gasteiger partial charge in [0.05, 0.1) is 10.8 Å². The third-order valence-corrected chi connectivity index (χ3v) is 6.24. The number of hydrogen-bond acceptors (Lipinski definition) is 9. The third kappa shape index (κ3) is 5.96. The summed E-state index contributed by atoms with van der Waals surface area (Å²) in [5.74, 6) is -1.29. The molecule has 0 aliphatic rings. The molecule has 0 radical (unpaired) electrons. The van der Waals surface area contributed by atoms with Gasteiger partial charge in [0.2, 0.25) is 11.6 Å². The van der Waals surface area contributed by atoms with Gasteiger partial charge in [-0.25, -0.2) is 9.97 Å². The number of rotatable bonds is 7. The largest absolute Gasteiger partial charge is 0.365 e. The molecular formula is C31H20N8O4. The highest BCUT2D eigenvalue weighted by Gasteiger charge is 2.17. The molecule has 0 aliphatic heterocycles. The van der Waals surface area contributed by atoms with E-state index in [2.05, 4.69) is 30.4 Å². The van der Waals surface area contributed by atoms with E-state index in [9.17, 15) is 19.2 Å². The molecule has 43 heavy (non-hydrogen) atoms. The normalized spacial score (nSPS) is 10.9. The molecule has 6 aromatic rings. The smallest absolute Gasteiger partial charge is 0.259 e. The summed E-state index contributed by atoms with van der Waals surface area (Å²) in [6, 6.07) is 21.8. The number of benzene rings is 2. The molecule has 0 atom stereocenters. The Balaban J connectivity index is 0.000000176. The summed E-state index contributed by atoms with van der Waals surface area (Å²) in [6.07, 6.45) is 5.26. The molecule has 12 heteroatoms. The zero-order valence-electron chi connectivity index (χ0n) is 22.2. The molecule has 12 nitrogen and oxygen atoms in total. The Labute approximate surface area is 242 Å². The molecular weight excluding hydrogens is 548 g/mol. The molecule has 4 heterocycles. The average molecular weight is 569 g/mol. The molecule has 2 aromatic carbocycles. The van der Waals surface area contributed by atoms with Gasteiger partial charge in [-0.15, -0.1) is 0 Å². The zero-order chi connectivity index (χ0) is 30.3. The molecule has 0 saturated carbocycles. The Morgan fingerprint density at radius 2 is 1.26 bits per heavy atom. The van der Waals surface area contributed by atoms with Crippen LogP contribution in [0.4, 0.5) is 0 Å². The lowest BCUT2D eigenvalue weighted by Gasteiger charge is -2.01. The highest BCUT2D eigenvalue weighted by Crippen LogP contribution is 2.19. The third-order valence-electron chi connectivity index (χ3n) is 6.24. The SMILES string of the molecule is N#C/C(=C\c1cccc(C(=O)c2[nH]nc3ncccc23)c1)C(N)=O.O=Cc1cccc(C(=O)c2[nH]nc3ncccc23)c1. The summed E-state index contributed by atoms with van der Waals surface area (Å²) in [5.41, 5.74) is 8.42. The van der Waals surface area contributed by atoms with E-state index in [1.165, 1.54) is 6.08 Å². The van der Waals surface area contributed by atoms with Crippen LogP contribution >= 0.6 is 0 Å². The number of hydrogen-bond donors (Lipinski definition) is 3. The summed E-state index contributed by atoms with van der Waals surface area (Å²) in [6.45, 7) is 0. The van der Waals surface area contributed by atoms with Crippen LogP contribution in [0.25, 0.3) is 28.1 Å². The quantitative estimate of drug-likeness (QED) is 0.111. The van der Waals surface area contributed by atoms with Crippen molar-refractivity contribution in [2.75, 3.05) is 0 Å². The predicted molar refractivity (Wildman–Crippen MR) is 156 cm³/mol. The van der Waals surface area contributed by atoms with Crippen LogP contribution in [0.1, 0.15) is 48.0 Å². The topological polar surface area (TPSA) is 201 Å². The summed E-state index contributed by atoms with van der Waals surface area (Å²) in [4.78, 5) is 55.1. The molecule has 0 spiro atoms. The maximum Gasteiger partial charge on any atom is 0.259 e. The number of nitrogens with zero attached hydrogens (tertiary/aromatic N) is 5. The molecule has 1 amide bonds. The van der Waals surface area contributed by atoms with Crippen molar-refractivity contribution in [3.8, 4) is 6.07 Å². The highest BCUT2D eigenvalue weighted by molar-refractivity contribution is 6.15. The van der Waals surface area contributed by atoms with Gasteiger partial charge < -0.3 is 5.73 Å². The van der Waals surface area contributed by atoms with Crippen molar-refractivity contribution in [2.24, 2.45) is 5.73 Å². The van der Waals surface area contributed by atoms with Crippen molar-refractivity contribution in [3.05, 3.63) is 124 Å². The van der Waals surface area contributed by atoms with Gasteiger partial charge in [-0.3, -0.25) is 29.4 Å². The Bertz CT molecular complexity index is 2100. The van der Waals surface area contributed by atoms with Crippen LogP contribution in [0.15, 0.2) is 90.8 Å². The number of aromatic nitrogens is 6. The monoisotopic (exact) mass is 568 g/mol. The number of H-pyrrole nitrogens is 2. The van der Waals surface area contributed by atoms with E-state index < -0.39 is 5.91 Å². The number of nitriles is 1. The lowest BCUT2D eigenvalue weighted by molar-refractivity contribution is -0.114. The first-order valence-electron chi connectivity index (χ1n) is 12.6. The minimum absolute atomic E-state index is 0.184. The number of aromatic amines is 2. The van der Waals surface area contributed by atoms with Gasteiger partial charge in [0.1, 0.15) is 29.3 Å². The number of carbonyl (C=O) groups is 4. The fourth-order valence-electron chi connectivity index (χ4n) is 4.18. The number of aldehydes is 1. The van der Waals surface area contributed by atoms with Gasteiger partial charge in [0, 0.05) is 29.1 Å². The fourth-order valence-corrected chi connectivity index (χ4v) is 4.18. The van der Waals surface area contributed by atoms with Crippen molar-refractivity contribution >= 4 is 51.9 Å². The second-order valence-electron chi connectivity index (χ2n) is 9.01. The molecule has 0 aliphatic carbocycles. The zero-order valence-corrected chi connectivity index (χ0v) is 22.2. The Kier molecular flexibility index (Phi) is 7.98. The number of nitrogens with one attached hydrogen (secondary N) is 2. The standard InChI is InChI=1S/C17H11N5O2.C14H9N3O2/c18-9-12(16(19)24)8-10-3-1-4-11(7-10)15(23)14-13-5-2-6-20-17(13)22-21-14;18-8-9-3-1-4-10(7-9)13(19)12-11-5-2-6-15-14(11)17-16-12/h1-8H,(H2,19,24)(H,20,21,22);1-8H,(H,15,16,17)/b12-8+;. The second-order valence-corrected chi connectivity index (χ2v) is 9.01. The van der Waals surface area contributed by atoms with Crippen molar-refractivity contribution in [1.82, 2.24) is 30.4 Å². The minimum atomic E-state index is -0.820. The predicted octanol–water partition coefficient (Wildman–Crippen LogP) is 3.58. The number of carbonyl (C=O) groups excluding carboxylic acids is 4. The van der Waals surface area contributed by atoms with Crippen LogP contribution in [0.2, 0.25) is 0 Å². The number of pyridine rings is 2. The summed E-state index contributed by atoms with van der Waals surface area (Å²) in [5, 5.41) is 23.6. The Hall–Kier alpha value is -6.61. The number of nitrogens with two attached hydrogens (primary N) is 1. The van der Waals surface area contributed by atoms with E-state index in [1.54, 1.807) is 91.3 Å². The van der Waals surface area contributed by atoms with Crippen molar-refractivity contribution in [2.45, 2.75) is 0 Å². The van der Waals surface area contributed by atoms with Gasteiger partial charge in [0.15, 0.2) is 11.3 Å². The van der Waals surface area contributed by atoms with Crippen LogP contribution in [0, 0.1) is 11.3 Å². The fraction of sp³-hybridized carbons (Fsp3) is 0. The lowest BCUT2D eigenvalue weighted by atomic mass is 10.0. The van der Waals surface area contributed by atoms with Crippen LogP contribution < -0.4 is 5.73 Å². The van der Waals surface area contributed by atoms with Gasteiger partial charge in [-0.05, 0) is 48.0 Å². The van der Waals surface area contributed by atoms with E-state index in [0.29, 0.717) is 62.0 Å². The minimum Gasteiger partial charge on any atom is -0.365 e. The van der Waals surface area contributed by atoms with Crippen molar-refractivity contribution < 1.29 is 19.2 Å². The second kappa shape index (κ2) is 12.3. The molecule has 4 aromatic heterocycles. The molecule has 0 unspecified atom stereocenters. The maximum absolute atomic E-state index is 12.7. The first-order valence-corrected chi connectivity index (χ1v) is 12.6. The van der Waals surface area contributed by atoms with Crippen LogP contribution in [0.5, 0.6) is 0 Å². The van der Waals surface area contributed by atoms with Crippen LogP contribution in [0.3, 0.4) is 0 Å². The van der Waals surface area contributed by atoms with E-state index in [0.717, 1.165) is 0 Å². The molecule has 0 saturated heterocycles. The Morgan fingerprint density at radius 1 is 0.744 bits per heavy atom. The first kappa shape index (κ1) is 27.9. The van der Waals surface area contributed by atoms with Crippen LogP contribution in [-0.2, 0) is 4.79 Å². The highest BCUT2D eigenvalue weighted by atomic mass is 16.1. The van der Waals surface area contributed by atoms with E-state index >= 15 is 0 Å². The number of amides is 1. The van der Waals surface area contributed by atoms with Crippen molar-refractivity contribution in [1.29, 1.82) is 5.26 Å². The number of ketones is 2.